The maximum atomic E-state index is 10.3. The van der Waals surface area contributed by atoms with Crippen molar-refractivity contribution in [3.63, 3.8) is 0 Å². The number of fused-ring (bicyclic) bond motifs is 1. The first-order valence-corrected chi connectivity index (χ1v) is 12.5. The summed E-state index contributed by atoms with van der Waals surface area (Å²) >= 11 is 0. The Balaban J connectivity index is 1.75. The number of hydrogen-bond acceptors (Lipinski definition) is 4. The highest BCUT2D eigenvalue weighted by Gasteiger charge is 2.50. The molecule has 3 saturated carbocycles. The topological polar surface area (TPSA) is 80.9 Å². The van der Waals surface area contributed by atoms with Crippen LogP contribution < -0.4 is 0 Å². The Labute approximate surface area is 194 Å². The van der Waals surface area contributed by atoms with Crippen LogP contribution in [0.5, 0.6) is 0 Å². The molecule has 0 radical (unpaired) electrons. The third-order valence-electron chi connectivity index (χ3n) is 8.94. The Morgan fingerprint density at radius 2 is 1.91 bits per heavy atom. The van der Waals surface area contributed by atoms with E-state index in [1.165, 1.54) is 31.3 Å². The van der Waals surface area contributed by atoms with Crippen molar-refractivity contribution in [2.75, 3.05) is 6.61 Å². The van der Waals surface area contributed by atoms with E-state index in [-0.39, 0.29) is 17.9 Å². The van der Waals surface area contributed by atoms with Gasteiger partial charge in [-0.05, 0) is 79.8 Å². The molecular weight excluding hydrogens is 400 g/mol. The van der Waals surface area contributed by atoms with Crippen LogP contribution in [-0.4, -0.2) is 44.8 Å². The van der Waals surface area contributed by atoms with Gasteiger partial charge >= 0.3 is 0 Å². The number of rotatable bonds is 6. The van der Waals surface area contributed by atoms with Gasteiger partial charge in [-0.25, -0.2) is 0 Å². The zero-order valence-corrected chi connectivity index (χ0v) is 20.4. The summed E-state index contributed by atoms with van der Waals surface area (Å²) in [5.41, 5.74) is 2.41. The molecule has 3 aliphatic rings. The molecule has 4 heteroatoms. The average Bonchev–Trinajstić information content (AvgIpc) is 3.10. The molecule has 0 aromatic rings. The summed E-state index contributed by atoms with van der Waals surface area (Å²) in [6.45, 7) is 12.2. The summed E-state index contributed by atoms with van der Waals surface area (Å²) in [6, 6.07) is 0. The highest BCUT2D eigenvalue weighted by atomic mass is 16.3. The molecule has 4 nitrogen and oxygen atoms in total. The SMILES string of the molecule is C=C1C(=CC=C2CCC[C@@]3(C)C2CC[C@@H]3[C@H](C)C=C[C@H](C)[C@](C)(O)CO)C[C@@H](O)C[C@H]1O. The van der Waals surface area contributed by atoms with E-state index in [4.69, 9.17) is 0 Å². The molecule has 180 valence electrons. The van der Waals surface area contributed by atoms with Crippen molar-refractivity contribution in [3.05, 3.63) is 47.6 Å². The lowest BCUT2D eigenvalue weighted by Crippen LogP contribution is -2.36. The lowest BCUT2D eigenvalue weighted by atomic mass is 9.61. The molecule has 4 N–H and O–H groups in total. The molecule has 0 saturated heterocycles. The third-order valence-corrected chi connectivity index (χ3v) is 8.94. The van der Waals surface area contributed by atoms with Crippen molar-refractivity contribution in [1.82, 2.24) is 0 Å². The summed E-state index contributed by atoms with van der Waals surface area (Å²) in [6.07, 6.45) is 14.5. The van der Waals surface area contributed by atoms with Crippen LogP contribution in [0.3, 0.4) is 0 Å². The zero-order valence-electron chi connectivity index (χ0n) is 20.4. The van der Waals surface area contributed by atoms with Crippen LogP contribution in [0.15, 0.2) is 47.6 Å². The first-order chi connectivity index (χ1) is 15.0. The minimum Gasteiger partial charge on any atom is -0.393 e. The van der Waals surface area contributed by atoms with E-state index in [0.29, 0.717) is 30.6 Å². The van der Waals surface area contributed by atoms with Crippen LogP contribution in [0, 0.1) is 29.1 Å². The van der Waals surface area contributed by atoms with Crippen LogP contribution in [0.2, 0.25) is 0 Å². The van der Waals surface area contributed by atoms with Crippen LogP contribution in [0.1, 0.15) is 72.6 Å². The van der Waals surface area contributed by atoms with E-state index in [1.54, 1.807) is 6.92 Å². The van der Waals surface area contributed by atoms with E-state index in [9.17, 15) is 20.4 Å². The summed E-state index contributed by atoms with van der Waals surface area (Å²) in [4.78, 5) is 0. The monoisotopic (exact) mass is 444 g/mol. The predicted octanol–water partition coefficient (Wildman–Crippen LogP) is 4.70. The van der Waals surface area contributed by atoms with Gasteiger partial charge in [0.1, 0.15) is 0 Å². The van der Waals surface area contributed by atoms with Gasteiger partial charge in [0.25, 0.3) is 0 Å². The van der Waals surface area contributed by atoms with Gasteiger partial charge in [-0.2, -0.15) is 0 Å². The number of aliphatic hydroxyl groups is 4. The highest BCUT2D eigenvalue weighted by molar-refractivity contribution is 5.38. The Morgan fingerprint density at radius 3 is 2.59 bits per heavy atom. The minimum atomic E-state index is -1.09. The van der Waals surface area contributed by atoms with E-state index in [0.717, 1.165) is 17.6 Å². The fourth-order valence-corrected chi connectivity index (χ4v) is 6.44. The minimum absolute atomic E-state index is 0.0947. The summed E-state index contributed by atoms with van der Waals surface area (Å²) < 4.78 is 0. The van der Waals surface area contributed by atoms with Gasteiger partial charge in [-0.15, -0.1) is 0 Å². The van der Waals surface area contributed by atoms with Crippen molar-refractivity contribution < 1.29 is 20.4 Å². The fourth-order valence-electron chi connectivity index (χ4n) is 6.44. The molecular formula is C28H44O4. The molecule has 0 heterocycles. The van der Waals surface area contributed by atoms with Gasteiger partial charge in [-0.3, -0.25) is 0 Å². The smallest absolute Gasteiger partial charge is 0.0908 e. The Kier molecular flexibility index (Phi) is 7.92. The van der Waals surface area contributed by atoms with Gasteiger partial charge in [0.05, 0.1) is 24.4 Å². The van der Waals surface area contributed by atoms with Gasteiger partial charge in [0.15, 0.2) is 0 Å². The molecule has 0 aromatic heterocycles. The second-order valence-corrected chi connectivity index (χ2v) is 11.2. The molecule has 0 amide bonds. The van der Waals surface area contributed by atoms with Crippen molar-refractivity contribution in [1.29, 1.82) is 0 Å². The number of hydrogen-bond donors (Lipinski definition) is 4. The maximum Gasteiger partial charge on any atom is 0.0908 e. The Bertz CT molecular complexity index is 776. The van der Waals surface area contributed by atoms with Crippen LogP contribution in [0.25, 0.3) is 0 Å². The Morgan fingerprint density at radius 1 is 1.19 bits per heavy atom. The number of aliphatic hydroxyl groups excluding tert-OH is 3. The van der Waals surface area contributed by atoms with Crippen LogP contribution >= 0.6 is 0 Å². The molecule has 0 aromatic carbocycles. The lowest BCUT2D eigenvalue weighted by Gasteiger charge is -2.44. The third kappa shape index (κ3) is 5.14. The first kappa shape index (κ1) is 25.4. The molecule has 3 aliphatic carbocycles. The molecule has 0 aliphatic heterocycles. The summed E-state index contributed by atoms with van der Waals surface area (Å²) in [5.74, 6) is 1.49. The zero-order chi connectivity index (χ0) is 23.7. The molecule has 8 atom stereocenters. The second kappa shape index (κ2) is 9.97. The molecule has 0 bridgehead atoms. The summed E-state index contributed by atoms with van der Waals surface area (Å²) in [7, 11) is 0. The van der Waals surface area contributed by atoms with Crippen molar-refractivity contribution in [2.45, 2.75) is 90.4 Å². The van der Waals surface area contributed by atoms with Crippen molar-refractivity contribution >= 4 is 0 Å². The fraction of sp³-hybridized carbons (Fsp3) is 0.714. The normalized spacial score (nSPS) is 39.9. The molecule has 32 heavy (non-hydrogen) atoms. The second-order valence-electron chi connectivity index (χ2n) is 11.2. The summed E-state index contributed by atoms with van der Waals surface area (Å²) in [5, 5.41) is 39.9. The van der Waals surface area contributed by atoms with Crippen molar-refractivity contribution in [3.8, 4) is 0 Å². The molecule has 0 spiro atoms. The van der Waals surface area contributed by atoms with E-state index < -0.39 is 17.8 Å². The van der Waals surface area contributed by atoms with Gasteiger partial charge in [0.2, 0.25) is 0 Å². The molecule has 1 unspecified atom stereocenters. The largest absolute Gasteiger partial charge is 0.393 e. The van der Waals surface area contributed by atoms with Crippen molar-refractivity contribution in [2.24, 2.45) is 29.1 Å². The lowest BCUT2D eigenvalue weighted by molar-refractivity contribution is -0.0266. The van der Waals surface area contributed by atoms with E-state index in [2.05, 4.69) is 44.7 Å². The van der Waals surface area contributed by atoms with Crippen LogP contribution in [0.4, 0.5) is 0 Å². The molecule has 3 fully saturated rings. The van der Waals surface area contributed by atoms with Gasteiger partial charge < -0.3 is 20.4 Å². The molecule has 3 rings (SSSR count). The number of allylic oxidation sites excluding steroid dienone is 4. The standard InChI is InChI=1S/C28H44O4/c1-18(8-9-19(2)28(5,32)17-29)24-12-13-25-21(7-6-14-27(24,25)4)10-11-22-15-23(30)16-26(31)20(22)3/h8-11,18-19,23-26,29-32H,3,6-7,12-17H2,1-2,4-5H3/t18-,19+,23-,24-,25?,26-,27-,28-/m1/s1. The first-order valence-electron chi connectivity index (χ1n) is 12.5. The van der Waals surface area contributed by atoms with E-state index in [1.807, 2.05) is 6.92 Å². The average molecular weight is 445 g/mol. The van der Waals surface area contributed by atoms with Crippen LogP contribution in [-0.2, 0) is 0 Å². The highest BCUT2D eigenvalue weighted by Crippen LogP contribution is 2.59. The van der Waals surface area contributed by atoms with Gasteiger partial charge in [0, 0.05) is 12.3 Å². The maximum absolute atomic E-state index is 10.3. The van der Waals surface area contributed by atoms with E-state index >= 15 is 0 Å². The predicted molar refractivity (Wildman–Crippen MR) is 130 cm³/mol. The van der Waals surface area contributed by atoms with Gasteiger partial charge in [-0.1, -0.05) is 57.2 Å². The quantitative estimate of drug-likeness (QED) is 0.448. The Hall–Kier alpha value is -1.20.